The van der Waals surface area contributed by atoms with Crippen LogP contribution in [0.2, 0.25) is 0 Å². The summed E-state index contributed by atoms with van der Waals surface area (Å²) >= 11 is 0. The molecule has 1 N–H and O–H groups in total. The number of aliphatic hydroxyl groups excluding tert-OH is 1. The number of nitrogens with zero attached hydrogens (tertiary/aromatic N) is 1. The molecule has 1 atom stereocenters. The number of carbonyl (C=O) groups is 1. The third kappa shape index (κ3) is 2.88. The van der Waals surface area contributed by atoms with E-state index in [0.717, 1.165) is 19.3 Å². The molecule has 0 spiro atoms. The number of amides is 1. The van der Waals surface area contributed by atoms with Crippen molar-refractivity contribution < 1.29 is 14.6 Å². The second-order valence-corrected chi connectivity index (χ2v) is 3.28. The molecule has 1 aliphatic heterocycles. The Labute approximate surface area is 78.5 Å². The number of carbonyl (C=O) groups excluding carboxylic acids is 1. The number of likely N-dealkylation sites (tertiary alicyclic amines) is 1. The molecule has 1 fully saturated rings. The lowest BCUT2D eigenvalue weighted by Gasteiger charge is -2.19. The van der Waals surface area contributed by atoms with E-state index in [1.165, 1.54) is 4.90 Å². The first-order chi connectivity index (χ1) is 6.25. The molecule has 4 nitrogen and oxygen atoms in total. The lowest BCUT2D eigenvalue weighted by Crippen LogP contribution is -2.35. The van der Waals surface area contributed by atoms with E-state index in [9.17, 15) is 9.90 Å². The van der Waals surface area contributed by atoms with Gasteiger partial charge in [-0.2, -0.15) is 0 Å². The minimum absolute atomic E-state index is 0.376. The largest absolute Gasteiger partial charge is 0.449 e. The van der Waals surface area contributed by atoms with Crippen molar-refractivity contribution in [3.05, 3.63) is 0 Å². The molecule has 1 rings (SSSR count). The highest BCUT2D eigenvalue weighted by Crippen LogP contribution is 2.15. The maximum atomic E-state index is 11.3. The number of unbranched alkanes of at least 4 members (excludes halogenated alkanes) is 1. The van der Waals surface area contributed by atoms with Crippen molar-refractivity contribution in [2.75, 3.05) is 13.2 Å². The van der Waals surface area contributed by atoms with Gasteiger partial charge in [0.15, 0.2) is 0 Å². The fourth-order valence-electron chi connectivity index (χ4n) is 1.35. The highest BCUT2D eigenvalue weighted by atomic mass is 16.6. The maximum Gasteiger partial charge on any atom is 0.411 e. The van der Waals surface area contributed by atoms with E-state index >= 15 is 0 Å². The molecule has 1 heterocycles. The van der Waals surface area contributed by atoms with Crippen LogP contribution in [0.25, 0.3) is 0 Å². The SMILES string of the molecule is CCCCOC(=O)N1CCC[C@@H]1O. The van der Waals surface area contributed by atoms with Gasteiger partial charge in [-0.3, -0.25) is 4.90 Å². The van der Waals surface area contributed by atoms with Crippen molar-refractivity contribution in [1.29, 1.82) is 0 Å². The van der Waals surface area contributed by atoms with Gasteiger partial charge in [-0.25, -0.2) is 4.79 Å². The van der Waals surface area contributed by atoms with Gasteiger partial charge in [-0.1, -0.05) is 13.3 Å². The Kier molecular flexibility index (Phi) is 4.02. The lowest BCUT2D eigenvalue weighted by atomic mass is 10.4. The van der Waals surface area contributed by atoms with Crippen LogP contribution in [0.5, 0.6) is 0 Å². The molecule has 0 aliphatic carbocycles. The van der Waals surface area contributed by atoms with Gasteiger partial charge in [0.1, 0.15) is 6.23 Å². The monoisotopic (exact) mass is 187 g/mol. The van der Waals surface area contributed by atoms with Gasteiger partial charge < -0.3 is 9.84 Å². The predicted octanol–water partition coefficient (Wildman–Crippen LogP) is 1.34. The van der Waals surface area contributed by atoms with Crippen LogP contribution >= 0.6 is 0 Å². The molecule has 0 aromatic carbocycles. The van der Waals surface area contributed by atoms with E-state index in [-0.39, 0.29) is 6.09 Å². The average molecular weight is 187 g/mol. The molecule has 1 amide bonds. The highest BCUT2D eigenvalue weighted by molar-refractivity contribution is 5.68. The molecule has 1 aliphatic rings. The number of hydrogen-bond acceptors (Lipinski definition) is 3. The van der Waals surface area contributed by atoms with E-state index in [0.29, 0.717) is 19.6 Å². The van der Waals surface area contributed by atoms with Gasteiger partial charge in [-0.15, -0.1) is 0 Å². The molecule has 0 bridgehead atoms. The molecule has 0 saturated carbocycles. The molecule has 0 radical (unpaired) electrons. The van der Waals surface area contributed by atoms with Gasteiger partial charge in [0.05, 0.1) is 6.61 Å². The molecule has 0 unspecified atom stereocenters. The second-order valence-electron chi connectivity index (χ2n) is 3.28. The molecular formula is C9H17NO3. The van der Waals surface area contributed by atoms with Crippen molar-refractivity contribution >= 4 is 6.09 Å². The highest BCUT2D eigenvalue weighted by Gasteiger charge is 2.27. The summed E-state index contributed by atoms with van der Waals surface area (Å²) < 4.78 is 4.96. The van der Waals surface area contributed by atoms with Crippen LogP contribution in [-0.2, 0) is 4.74 Å². The molecule has 1 saturated heterocycles. The summed E-state index contributed by atoms with van der Waals surface area (Å²) in [6.07, 6.45) is 2.42. The summed E-state index contributed by atoms with van der Waals surface area (Å²) in [6.45, 7) is 3.11. The van der Waals surface area contributed by atoms with Crippen molar-refractivity contribution in [2.45, 2.75) is 38.8 Å². The van der Waals surface area contributed by atoms with Crippen molar-refractivity contribution in [1.82, 2.24) is 4.90 Å². The summed E-state index contributed by atoms with van der Waals surface area (Å²) in [7, 11) is 0. The minimum atomic E-state index is -0.630. The first-order valence-electron chi connectivity index (χ1n) is 4.87. The summed E-state index contributed by atoms with van der Waals surface area (Å²) in [5.41, 5.74) is 0. The fraction of sp³-hybridized carbons (Fsp3) is 0.889. The summed E-state index contributed by atoms with van der Waals surface area (Å²) in [5.74, 6) is 0. The topological polar surface area (TPSA) is 49.8 Å². The van der Waals surface area contributed by atoms with E-state index in [1.54, 1.807) is 0 Å². The Hall–Kier alpha value is -0.770. The van der Waals surface area contributed by atoms with Crippen LogP contribution in [0, 0.1) is 0 Å². The molecule has 13 heavy (non-hydrogen) atoms. The van der Waals surface area contributed by atoms with Crippen LogP contribution in [0.1, 0.15) is 32.6 Å². The van der Waals surface area contributed by atoms with Crippen molar-refractivity contribution in [3.63, 3.8) is 0 Å². The number of rotatable bonds is 3. The smallest absolute Gasteiger partial charge is 0.411 e. The molecule has 0 aromatic heterocycles. The summed E-state index contributed by atoms with van der Waals surface area (Å²) in [4.78, 5) is 12.7. The Morgan fingerprint density at radius 2 is 2.46 bits per heavy atom. The van der Waals surface area contributed by atoms with Crippen LogP contribution < -0.4 is 0 Å². The maximum absolute atomic E-state index is 11.3. The normalized spacial score (nSPS) is 22.0. The van der Waals surface area contributed by atoms with Crippen molar-refractivity contribution in [3.8, 4) is 0 Å². The van der Waals surface area contributed by atoms with Crippen LogP contribution in [0.15, 0.2) is 0 Å². The molecule has 76 valence electrons. The number of ether oxygens (including phenoxy) is 1. The molecule has 4 heteroatoms. The fourth-order valence-corrected chi connectivity index (χ4v) is 1.35. The van der Waals surface area contributed by atoms with Crippen LogP contribution in [0.3, 0.4) is 0 Å². The van der Waals surface area contributed by atoms with Gasteiger partial charge in [0, 0.05) is 6.54 Å². The van der Waals surface area contributed by atoms with E-state index in [4.69, 9.17) is 4.74 Å². The first kappa shape index (κ1) is 10.3. The minimum Gasteiger partial charge on any atom is -0.449 e. The van der Waals surface area contributed by atoms with E-state index in [1.807, 2.05) is 6.92 Å². The zero-order chi connectivity index (χ0) is 9.68. The van der Waals surface area contributed by atoms with Crippen LogP contribution in [-0.4, -0.2) is 35.5 Å². The molecular weight excluding hydrogens is 170 g/mol. The average Bonchev–Trinajstić information content (AvgIpc) is 2.52. The Morgan fingerprint density at radius 3 is 3.00 bits per heavy atom. The quantitative estimate of drug-likeness (QED) is 0.678. The number of aliphatic hydroxyl groups is 1. The second kappa shape index (κ2) is 5.07. The third-order valence-electron chi connectivity index (χ3n) is 2.18. The van der Waals surface area contributed by atoms with Gasteiger partial charge in [0.2, 0.25) is 0 Å². The van der Waals surface area contributed by atoms with E-state index < -0.39 is 6.23 Å². The first-order valence-corrected chi connectivity index (χ1v) is 4.87. The Balaban J connectivity index is 2.22. The molecule has 0 aromatic rings. The summed E-state index contributed by atoms with van der Waals surface area (Å²) in [5, 5.41) is 9.34. The number of hydrogen-bond donors (Lipinski definition) is 1. The van der Waals surface area contributed by atoms with Crippen LogP contribution in [0.4, 0.5) is 4.79 Å². The standard InChI is InChI=1S/C9H17NO3/c1-2-3-7-13-9(12)10-6-4-5-8(10)11/h8,11H,2-7H2,1H3/t8-/m0/s1. The lowest BCUT2D eigenvalue weighted by molar-refractivity contribution is 0.0245. The van der Waals surface area contributed by atoms with Gasteiger partial charge in [-0.05, 0) is 19.3 Å². The Bertz CT molecular complexity index is 172. The van der Waals surface area contributed by atoms with Crippen molar-refractivity contribution in [2.24, 2.45) is 0 Å². The zero-order valence-electron chi connectivity index (χ0n) is 8.03. The van der Waals surface area contributed by atoms with Gasteiger partial charge >= 0.3 is 6.09 Å². The van der Waals surface area contributed by atoms with Gasteiger partial charge in [0.25, 0.3) is 0 Å². The predicted molar refractivity (Wildman–Crippen MR) is 48.2 cm³/mol. The van der Waals surface area contributed by atoms with E-state index in [2.05, 4.69) is 0 Å². The third-order valence-corrected chi connectivity index (χ3v) is 2.18. The Morgan fingerprint density at radius 1 is 1.69 bits per heavy atom. The zero-order valence-corrected chi connectivity index (χ0v) is 8.03. The summed E-state index contributed by atoms with van der Waals surface area (Å²) in [6, 6.07) is 0.